The molecule has 0 spiro atoms. The van der Waals surface area contributed by atoms with Crippen molar-refractivity contribution in [3.05, 3.63) is 24.0 Å². The molecule has 1 aromatic heterocycles. The summed E-state index contributed by atoms with van der Waals surface area (Å²) in [5.74, 6) is 0.217. The minimum Gasteiger partial charge on any atom is -0.398 e. The fraction of sp³-hybridized carbons (Fsp3) is 0.615. The maximum atomic E-state index is 10.8. The third-order valence-electron chi connectivity index (χ3n) is 3.74. The molecule has 1 aliphatic rings. The first-order chi connectivity index (χ1) is 7.35. The summed E-state index contributed by atoms with van der Waals surface area (Å²) in [6, 6.07) is 1.76. The number of pyridine rings is 1. The summed E-state index contributed by atoms with van der Waals surface area (Å²) in [6.07, 6.45) is 5.12. The lowest BCUT2D eigenvalue weighted by Gasteiger charge is -2.29. The van der Waals surface area contributed by atoms with Crippen molar-refractivity contribution in [3.63, 3.8) is 0 Å². The number of hydrogen-bond donors (Lipinski definition) is 2. The zero-order valence-electron chi connectivity index (χ0n) is 10.2. The van der Waals surface area contributed by atoms with Crippen LogP contribution in [-0.2, 0) is 5.60 Å². The van der Waals surface area contributed by atoms with Gasteiger partial charge in [0, 0.05) is 23.6 Å². The van der Waals surface area contributed by atoms with Crippen LogP contribution in [0, 0.1) is 11.3 Å². The predicted molar refractivity (Wildman–Crippen MR) is 64.7 cm³/mol. The lowest BCUT2D eigenvalue weighted by atomic mass is 9.84. The molecule has 1 saturated carbocycles. The summed E-state index contributed by atoms with van der Waals surface area (Å²) in [6.45, 7) is 6.46. The van der Waals surface area contributed by atoms with Crippen LogP contribution in [0.5, 0.6) is 0 Å². The summed E-state index contributed by atoms with van der Waals surface area (Å²) < 4.78 is 0. The average molecular weight is 220 g/mol. The molecule has 0 saturated heterocycles. The minimum atomic E-state index is -0.818. The van der Waals surface area contributed by atoms with Crippen LogP contribution in [0.4, 0.5) is 5.69 Å². The lowest BCUT2D eigenvalue weighted by Crippen LogP contribution is -2.30. The van der Waals surface area contributed by atoms with Gasteiger partial charge in [0.2, 0.25) is 0 Å². The van der Waals surface area contributed by atoms with Gasteiger partial charge in [0.05, 0.1) is 5.60 Å². The molecule has 16 heavy (non-hydrogen) atoms. The number of aliphatic hydroxyl groups is 1. The molecule has 0 aromatic carbocycles. The standard InChI is InChI=1S/C13H20N2O/c1-9-6-12(2,3)8-13(9,16)10-7-15-5-4-11(10)14/h4-5,7,9,16H,6,8H2,1-3H3,(H2,14,15). The van der Waals surface area contributed by atoms with Crippen molar-refractivity contribution in [2.75, 3.05) is 5.73 Å². The number of rotatable bonds is 1. The highest BCUT2D eigenvalue weighted by atomic mass is 16.3. The molecule has 2 unspecified atom stereocenters. The molecule has 1 aliphatic carbocycles. The number of nitrogens with two attached hydrogens (primary N) is 1. The van der Waals surface area contributed by atoms with E-state index < -0.39 is 5.60 Å². The molecule has 1 heterocycles. The quantitative estimate of drug-likeness (QED) is 0.763. The number of hydrogen-bond acceptors (Lipinski definition) is 3. The smallest absolute Gasteiger partial charge is 0.0962 e. The van der Waals surface area contributed by atoms with E-state index in [2.05, 4.69) is 25.8 Å². The van der Waals surface area contributed by atoms with Crippen LogP contribution < -0.4 is 5.73 Å². The molecule has 2 atom stereocenters. The Morgan fingerprint density at radius 1 is 1.50 bits per heavy atom. The van der Waals surface area contributed by atoms with Crippen LogP contribution in [0.2, 0.25) is 0 Å². The average Bonchev–Trinajstić information content (AvgIpc) is 2.36. The van der Waals surface area contributed by atoms with E-state index in [1.165, 1.54) is 0 Å². The molecular weight excluding hydrogens is 200 g/mol. The number of anilines is 1. The van der Waals surface area contributed by atoms with Crippen LogP contribution in [0.1, 0.15) is 39.2 Å². The van der Waals surface area contributed by atoms with Crippen LogP contribution in [0.25, 0.3) is 0 Å². The zero-order valence-corrected chi connectivity index (χ0v) is 10.2. The molecule has 2 rings (SSSR count). The lowest BCUT2D eigenvalue weighted by molar-refractivity contribution is -0.000410. The predicted octanol–water partition coefficient (Wildman–Crippen LogP) is 2.31. The van der Waals surface area contributed by atoms with Gasteiger partial charge >= 0.3 is 0 Å². The van der Waals surface area contributed by atoms with Gasteiger partial charge in [0.25, 0.3) is 0 Å². The van der Waals surface area contributed by atoms with Gasteiger partial charge in [-0.15, -0.1) is 0 Å². The maximum absolute atomic E-state index is 10.8. The normalized spacial score (nSPS) is 32.9. The molecule has 0 bridgehead atoms. The molecule has 1 fully saturated rings. The highest BCUT2D eigenvalue weighted by Crippen LogP contribution is 2.53. The fourth-order valence-corrected chi connectivity index (χ4v) is 3.10. The second-order valence-corrected chi connectivity index (χ2v) is 5.83. The van der Waals surface area contributed by atoms with E-state index in [1.807, 2.05) is 0 Å². The van der Waals surface area contributed by atoms with Crippen molar-refractivity contribution in [2.24, 2.45) is 11.3 Å². The third kappa shape index (κ3) is 1.69. The van der Waals surface area contributed by atoms with E-state index in [9.17, 15) is 5.11 Å². The molecule has 3 N–H and O–H groups in total. The van der Waals surface area contributed by atoms with Gasteiger partial charge in [0.1, 0.15) is 0 Å². The number of nitrogen functional groups attached to an aromatic ring is 1. The molecule has 3 nitrogen and oxygen atoms in total. The number of aromatic nitrogens is 1. The van der Waals surface area contributed by atoms with Gasteiger partial charge < -0.3 is 10.8 Å². The summed E-state index contributed by atoms with van der Waals surface area (Å²) in [5, 5.41) is 10.8. The molecule has 0 aliphatic heterocycles. The first-order valence-electron chi connectivity index (χ1n) is 5.77. The monoisotopic (exact) mass is 220 g/mol. The Kier molecular flexibility index (Phi) is 2.46. The first-order valence-corrected chi connectivity index (χ1v) is 5.77. The number of nitrogens with zero attached hydrogens (tertiary/aromatic N) is 1. The minimum absolute atomic E-state index is 0.163. The van der Waals surface area contributed by atoms with Gasteiger partial charge in [-0.05, 0) is 30.2 Å². The van der Waals surface area contributed by atoms with Crippen LogP contribution in [0.15, 0.2) is 18.5 Å². The summed E-state index contributed by atoms with van der Waals surface area (Å²) in [5.41, 5.74) is 6.71. The first kappa shape index (κ1) is 11.4. The van der Waals surface area contributed by atoms with Crippen LogP contribution in [0.3, 0.4) is 0 Å². The fourth-order valence-electron chi connectivity index (χ4n) is 3.10. The van der Waals surface area contributed by atoms with E-state index in [-0.39, 0.29) is 11.3 Å². The van der Waals surface area contributed by atoms with Crippen molar-refractivity contribution in [2.45, 2.75) is 39.2 Å². The molecule has 3 heteroatoms. The largest absolute Gasteiger partial charge is 0.398 e. The Morgan fingerprint density at radius 3 is 2.69 bits per heavy atom. The van der Waals surface area contributed by atoms with Gasteiger partial charge in [-0.1, -0.05) is 20.8 Å². The van der Waals surface area contributed by atoms with E-state index in [4.69, 9.17) is 5.73 Å². The van der Waals surface area contributed by atoms with Crippen molar-refractivity contribution in [1.29, 1.82) is 0 Å². The molecule has 88 valence electrons. The van der Waals surface area contributed by atoms with Crippen LogP contribution in [-0.4, -0.2) is 10.1 Å². The molecule has 0 amide bonds. The third-order valence-corrected chi connectivity index (χ3v) is 3.74. The second-order valence-electron chi connectivity index (χ2n) is 5.83. The van der Waals surface area contributed by atoms with E-state index in [1.54, 1.807) is 18.5 Å². The maximum Gasteiger partial charge on any atom is 0.0962 e. The highest BCUT2D eigenvalue weighted by Gasteiger charge is 2.49. The Bertz CT molecular complexity index is 403. The van der Waals surface area contributed by atoms with E-state index in [0.29, 0.717) is 5.69 Å². The summed E-state index contributed by atoms with van der Waals surface area (Å²) >= 11 is 0. The highest BCUT2D eigenvalue weighted by molar-refractivity contribution is 5.48. The molecule has 1 aromatic rings. The SMILES string of the molecule is CC1CC(C)(C)CC1(O)c1cnccc1N. The molecular formula is C13H20N2O. The zero-order chi connectivity index (χ0) is 12.0. The van der Waals surface area contributed by atoms with E-state index >= 15 is 0 Å². The van der Waals surface area contributed by atoms with Crippen LogP contribution >= 0.6 is 0 Å². The topological polar surface area (TPSA) is 59.1 Å². The second kappa shape index (κ2) is 3.45. The van der Waals surface area contributed by atoms with Gasteiger partial charge in [0.15, 0.2) is 0 Å². The van der Waals surface area contributed by atoms with Crippen molar-refractivity contribution in [1.82, 2.24) is 4.98 Å². The van der Waals surface area contributed by atoms with Gasteiger partial charge in [-0.3, -0.25) is 4.98 Å². The van der Waals surface area contributed by atoms with Crippen molar-refractivity contribution in [3.8, 4) is 0 Å². The Labute approximate surface area is 96.7 Å². The van der Waals surface area contributed by atoms with Gasteiger partial charge in [-0.25, -0.2) is 0 Å². The Balaban J connectivity index is 2.44. The van der Waals surface area contributed by atoms with E-state index in [0.717, 1.165) is 18.4 Å². The van der Waals surface area contributed by atoms with Gasteiger partial charge in [-0.2, -0.15) is 0 Å². The van der Waals surface area contributed by atoms with Crippen molar-refractivity contribution < 1.29 is 5.11 Å². The summed E-state index contributed by atoms with van der Waals surface area (Å²) in [7, 11) is 0. The Hall–Kier alpha value is -1.09. The Morgan fingerprint density at radius 2 is 2.19 bits per heavy atom. The summed E-state index contributed by atoms with van der Waals surface area (Å²) in [4.78, 5) is 4.08. The molecule has 0 radical (unpaired) electrons. The van der Waals surface area contributed by atoms with Crippen molar-refractivity contribution >= 4 is 5.69 Å².